The molecule has 0 aromatic heterocycles. The molecule has 0 nitrogen and oxygen atoms in total. The minimum absolute atomic E-state index is 0.941. The van der Waals surface area contributed by atoms with E-state index in [0.717, 1.165) is 5.41 Å². The summed E-state index contributed by atoms with van der Waals surface area (Å²) in [6.45, 7) is 0. The summed E-state index contributed by atoms with van der Waals surface area (Å²) in [6.07, 6.45) is 12.6. The maximum atomic E-state index is 1.62. The van der Waals surface area contributed by atoms with Gasteiger partial charge >= 0.3 is 0 Å². The van der Waals surface area contributed by atoms with Gasteiger partial charge in [-0.1, -0.05) is 19.3 Å². The van der Waals surface area contributed by atoms with Gasteiger partial charge in [0.2, 0.25) is 0 Å². The first-order chi connectivity index (χ1) is 5.42. The molecule has 0 heterocycles. The van der Waals surface area contributed by atoms with Crippen molar-refractivity contribution >= 4 is 0 Å². The van der Waals surface area contributed by atoms with E-state index in [1.165, 1.54) is 11.8 Å². The first-order valence-corrected chi connectivity index (χ1v) is 5.42. The molecule has 3 rings (SSSR count). The predicted molar refractivity (Wildman–Crippen MR) is 46.3 cm³/mol. The quantitative estimate of drug-likeness (QED) is 0.496. The van der Waals surface area contributed by atoms with Crippen LogP contribution in [0.2, 0.25) is 0 Å². The van der Waals surface area contributed by atoms with Crippen molar-refractivity contribution in [2.24, 2.45) is 17.3 Å². The molecule has 3 fully saturated rings. The molecule has 62 valence electrons. The molecule has 3 unspecified atom stereocenters. The Morgan fingerprint density at radius 3 is 2.55 bits per heavy atom. The van der Waals surface area contributed by atoms with Gasteiger partial charge in [0.1, 0.15) is 0 Å². The van der Waals surface area contributed by atoms with Crippen molar-refractivity contribution in [3.8, 4) is 0 Å². The van der Waals surface area contributed by atoms with E-state index in [4.69, 9.17) is 0 Å². The Bertz CT molecular complexity index is 171. The molecule has 1 spiro atoms. The van der Waals surface area contributed by atoms with Gasteiger partial charge in [-0.3, -0.25) is 0 Å². The predicted octanol–water partition coefficient (Wildman–Crippen LogP) is 3.37. The molecule has 0 N–H and O–H groups in total. The summed E-state index contributed by atoms with van der Waals surface area (Å²) in [5.41, 5.74) is 0.941. The monoisotopic (exact) mass is 150 g/mol. The van der Waals surface area contributed by atoms with Gasteiger partial charge in [0.15, 0.2) is 0 Å². The average molecular weight is 150 g/mol. The lowest BCUT2D eigenvalue weighted by Crippen LogP contribution is -2.25. The van der Waals surface area contributed by atoms with Gasteiger partial charge in [0, 0.05) is 0 Å². The van der Waals surface area contributed by atoms with Crippen molar-refractivity contribution in [3.63, 3.8) is 0 Å². The largest absolute Gasteiger partial charge is 0.0530 e. The molecule has 3 aliphatic carbocycles. The van der Waals surface area contributed by atoms with Crippen LogP contribution < -0.4 is 0 Å². The highest BCUT2D eigenvalue weighted by atomic mass is 14.6. The Morgan fingerprint density at radius 1 is 0.818 bits per heavy atom. The standard InChI is InChI=1S/C11H18/c1-2-7-11-8-10(11)6-3-5-9(11)4-1/h9-10H,1-8H2. The highest BCUT2D eigenvalue weighted by molar-refractivity contribution is 5.09. The highest BCUT2D eigenvalue weighted by Gasteiger charge is 2.59. The third-order valence-electron chi connectivity index (χ3n) is 4.64. The maximum Gasteiger partial charge on any atom is -0.0238 e. The van der Waals surface area contributed by atoms with Crippen molar-refractivity contribution in [1.29, 1.82) is 0 Å². The molecule has 0 aromatic carbocycles. The van der Waals surface area contributed by atoms with E-state index in [1.54, 1.807) is 51.4 Å². The molecule has 0 aliphatic heterocycles. The van der Waals surface area contributed by atoms with Crippen LogP contribution in [0.15, 0.2) is 0 Å². The second-order valence-corrected chi connectivity index (χ2v) is 5.01. The summed E-state index contributed by atoms with van der Waals surface area (Å²) in [7, 11) is 0. The van der Waals surface area contributed by atoms with Gasteiger partial charge < -0.3 is 0 Å². The molecule has 3 atom stereocenters. The molecule has 0 heteroatoms. The summed E-state index contributed by atoms with van der Waals surface area (Å²) < 4.78 is 0. The average Bonchev–Trinajstić information content (AvgIpc) is 2.75. The van der Waals surface area contributed by atoms with Crippen molar-refractivity contribution < 1.29 is 0 Å². The van der Waals surface area contributed by atoms with Gasteiger partial charge in [0.25, 0.3) is 0 Å². The first kappa shape index (κ1) is 6.51. The zero-order valence-electron chi connectivity index (χ0n) is 7.31. The lowest BCUT2D eigenvalue weighted by atomic mass is 9.69. The van der Waals surface area contributed by atoms with E-state index in [2.05, 4.69) is 0 Å². The molecule has 0 radical (unpaired) electrons. The van der Waals surface area contributed by atoms with Crippen LogP contribution in [0.5, 0.6) is 0 Å². The molecular weight excluding hydrogens is 132 g/mol. The molecular formula is C11H18. The third-order valence-corrected chi connectivity index (χ3v) is 4.64. The van der Waals surface area contributed by atoms with E-state index in [0.29, 0.717) is 0 Å². The van der Waals surface area contributed by atoms with Crippen molar-refractivity contribution in [2.75, 3.05) is 0 Å². The summed E-state index contributed by atoms with van der Waals surface area (Å²) in [5, 5.41) is 0. The van der Waals surface area contributed by atoms with E-state index in [-0.39, 0.29) is 0 Å². The second-order valence-electron chi connectivity index (χ2n) is 5.01. The first-order valence-electron chi connectivity index (χ1n) is 5.42. The SMILES string of the molecule is C1CCC23CC2CCCC3C1. The van der Waals surface area contributed by atoms with Gasteiger partial charge in [-0.25, -0.2) is 0 Å². The second kappa shape index (κ2) is 2.02. The normalized spacial score (nSPS) is 54.5. The zero-order valence-corrected chi connectivity index (χ0v) is 7.31. The fourth-order valence-electron chi connectivity index (χ4n) is 3.97. The number of hydrogen-bond acceptors (Lipinski definition) is 0. The molecule has 0 bridgehead atoms. The third kappa shape index (κ3) is 0.761. The zero-order chi connectivity index (χ0) is 7.31. The summed E-state index contributed by atoms with van der Waals surface area (Å²) >= 11 is 0. The Kier molecular flexibility index (Phi) is 1.20. The molecule has 0 aromatic rings. The van der Waals surface area contributed by atoms with Crippen LogP contribution in [0.4, 0.5) is 0 Å². The van der Waals surface area contributed by atoms with Gasteiger partial charge in [-0.15, -0.1) is 0 Å². The van der Waals surface area contributed by atoms with E-state index in [1.807, 2.05) is 0 Å². The van der Waals surface area contributed by atoms with Crippen LogP contribution in [0.3, 0.4) is 0 Å². The van der Waals surface area contributed by atoms with Crippen LogP contribution in [0.25, 0.3) is 0 Å². The lowest BCUT2D eigenvalue weighted by Gasteiger charge is -2.36. The molecule has 3 saturated carbocycles. The lowest BCUT2D eigenvalue weighted by molar-refractivity contribution is 0.148. The van der Waals surface area contributed by atoms with Crippen LogP contribution in [-0.4, -0.2) is 0 Å². The number of hydrogen-bond donors (Lipinski definition) is 0. The topological polar surface area (TPSA) is 0 Å². The minimum atomic E-state index is 0.941. The van der Waals surface area contributed by atoms with Crippen LogP contribution >= 0.6 is 0 Å². The smallest absolute Gasteiger partial charge is 0.0238 e. The Balaban J connectivity index is 1.84. The summed E-state index contributed by atoms with van der Waals surface area (Å²) in [6, 6.07) is 0. The maximum absolute atomic E-state index is 1.62. The van der Waals surface area contributed by atoms with Crippen molar-refractivity contribution in [2.45, 2.75) is 51.4 Å². The Morgan fingerprint density at radius 2 is 1.64 bits per heavy atom. The fourth-order valence-corrected chi connectivity index (χ4v) is 3.97. The molecule has 0 saturated heterocycles. The molecule has 0 amide bonds. The van der Waals surface area contributed by atoms with Crippen LogP contribution in [0.1, 0.15) is 51.4 Å². The van der Waals surface area contributed by atoms with Gasteiger partial charge in [0.05, 0.1) is 0 Å². The van der Waals surface area contributed by atoms with Crippen LogP contribution in [0, 0.1) is 17.3 Å². The molecule has 3 aliphatic rings. The minimum Gasteiger partial charge on any atom is -0.0530 e. The van der Waals surface area contributed by atoms with Gasteiger partial charge in [-0.05, 0) is 49.4 Å². The molecule has 11 heavy (non-hydrogen) atoms. The highest BCUT2D eigenvalue weighted by Crippen LogP contribution is 2.69. The van der Waals surface area contributed by atoms with Crippen molar-refractivity contribution in [3.05, 3.63) is 0 Å². The van der Waals surface area contributed by atoms with Crippen LogP contribution in [-0.2, 0) is 0 Å². The number of rotatable bonds is 0. The van der Waals surface area contributed by atoms with E-state index in [9.17, 15) is 0 Å². The Labute approximate surface area is 69.4 Å². The summed E-state index contributed by atoms with van der Waals surface area (Å²) in [5.74, 6) is 2.37. The van der Waals surface area contributed by atoms with E-state index < -0.39 is 0 Å². The Hall–Kier alpha value is 0. The summed E-state index contributed by atoms with van der Waals surface area (Å²) in [4.78, 5) is 0. The fraction of sp³-hybridized carbons (Fsp3) is 1.00. The van der Waals surface area contributed by atoms with Gasteiger partial charge in [-0.2, -0.15) is 0 Å². The van der Waals surface area contributed by atoms with E-state index >= 15 is 0 Å². The van der Waals surface area contributed by atoms with Crippen molar-refractivity contribution in [1.82, 2.24) is 0 Å².